The number of carbonyl (C=O) groups excluding carboxylic acids is 2. The molecule has 1 saturated carbocycles. The van der Waals surface area contributed by atoms with Crippen molar-refractivity contribution in [2.45, 2.75) is 38.5 Å². The van der Waals surface area contributed by atoms with Gasteiger partial charge in [-0.25, -0.2) is 9.97 Å². The van der Waals surface area contributed by atoms with Crippen LogP contribution in [0.1, 0.15) is 48.3 Å². The van der Waals surface area contributed by atoms with Crippen LogP contribution >= 0.6 is 0 Å². The molecule has 24 heavy (non-hydrogen) atoms. The van der Waals surface area contributed by atoms with Gasteiger partial charge in [0.25, 0.3) is 5.91 Å². The zero-order valence-electron chi connectivity index (χ0n) is 14.6. The van der Waals surface area contributed by atoms with E-state index in [2.05, 4.69) is 9.97 Å². The number of hydrogen-bond donors (Lipinski definition) is 0. The predicted molar refractivity (Wildman–Crippen MR) is 90.4 cm³/mol. The average molecular weight is 330 g/mol. The summed E-state index contributed by atoms with van der Waals surface area (Å²) < 4.78 is 0. The lowest BCUT2D eigenvalue weighted by Gasteiger charge is -2.37. The lowest BCUT2D eigenvalue weighted by atomic mass is 9.83. The second kappa shape index (κ2) is 7.28. The van der Waals surface area contributed by atoms with Crippen molar-refractivity contribution in [1.29, 1.82) is 0 Å². The van der Waals surface area contributed by atoms with Crippen LogP contribution in [0.5, 0.6) is 0 Å². The van der Waals surface area contributed by atoms with Crippen molar-refractivity contribution in [2.24, 2.45) is 11.8 Å². The first-order valence-corrected chi connectivity index (χ1v) is 8.86. The Balaban J connectivity index is 1.62. The molecule has 3 rings (SSSR count). The number of piperidine rings is 1. The second-order valence-electron chi connectivity index (χ2n) is 7.22. The van der Waals surface area contributed by atoms with Crippen molar-refractivity contribution in [1.82, 2.24) is 19.8 Å². The number of rotatable bonds is 4. The zero-order valence-corrected chi connectivity index (χ0v) is 14.6. The Bertz CT molecular complexity index is 613. The maximum atomic E-state index is 12.4. The van der Waals surface area contributed by atoms with Gasteiger partial charge in [0.05, 0.1) is 0 Å². The van der Waals surface area contributed by atoms with Gasteiger partial charge in [0.2, 0.25) is 5.91 Å². The van der Waals surface area contributed by atoms with E-state index in [0.717, 1.165) is 50.9 Å². The molecule has 0 bridgehead atoms. The highest BCUT2D eigenvalue weighted by atomic mass is 16.2. The van der Waals surface area contributed by atoms with Crippen molar-refractivity contribution < 1.29 is 9.59 Å². The van der Waals surface area contributed by atoms with Crippen molar-refractivity contribution in [3.63, 3.8) is 0 Å². The van der Waals surface area contributed by atoms with Crippen molar-refractivity contribution >= 4 is 11.8 Å². The van der Waals surface area contributed by atoms with E-state index < -0.39 is 0 Å². The van der Waals surface area contributed by atoms with Crippen LogP contribution in [0, 0.1) is 11.8 Å². The van der Waals surface area contributed by atoms with Gasteiger partial charge in [0.15, 0.2) is 0 Å². The predicted octanol–water partition coefficient (Wildman–Crippen LogP) is 1.76. The summed E-state index contributed by atoms with van der Waals surface area (Å²) in [6.45, 7) is 1.70. The highest BCUT2D eigenvalue weighted by Gasteiger charge is 2.32. The molecule has 1 atom stereocenters. The summed E-state index contributed by atoms with van der Waals surface area (Å²) in [4.78, 5) is 36.4. The van der Waals surface area contributed by atoms with E-state index in [9.17, 15) is 9.59 Å². The van der Waals surface area contributed by atoms with Gasteiger partial charge in [-0.1, -0.05) is 6.42 Å². The molecular weight excluding hydrogens is 304 g/mol. The van der Waals surface area contributed by atoms with Gasteiger partial charge in [-0.05, 0) is 44.1 Å². The van der Waals surface area contributed by atoms with E-state index in [1.807, 2.05) is 4.90 Å². The molecule has 1 aliphatic heterocycles. The zero-order chi connectivity index (χ0) is 17.1. The van der Waals surface area contributed by atoms with Crippen LogP contribution in [-0.4, -0.2) is 58.8 Å². The van der Waals surface area contributed by atoms with Gasteiger partial charge in [-0.3, -0.25) is 9.59 Å². The molecule has 1 aromatic rings. The molecule has 0 spiro atoms. The summed E-state index contributed by atoms with van der Waals surface area (Å²) in [5.74, 6) is 0.924. The third-order valence-corrected chi connectivity index (χ3v) is 5.13. The Kier molecular flexibility index (Phi) is 5.11. The molecule has 0 unspecified atom stereocenters. The smallest absolute Gasteiger partial charge is 0.272 e. The summed E-state index contributed by atoms with van der Waals surface area (Å²) in [5, 5.41) is 0. The number of hydrogen-bond acceptors (Lipinski definition) is 4. The molecule has 0 N–H and O–H groups in total. The number of nitrogens with zero attached hydrogens (tertiary/aromatic N) is 4. The minimum atomic E-state index is -0.107. The quantitative estimate of drug-likeness (QED) is 0.844. The molecule has 2 amide bonds. The molecule has 1 saturated heterocycles. The monoisotopic (exact) mass is 330 g/mol. The fourth-order valence-electron chi connectivity index (χ4n) is 3.50. The summed E-state index contributed by atoms with van der Waals surface area (Å²) >= 11 is 0. The Hall–Kier alpha value is -1.98. The van der Waals surface area contributed by atoms with Gasteiger partial charge in [0.1, 0.15) is 12.0 Å². The van der Waals surface area contributed by atoms with Crippen LogP contribution in [0.4, 0.5) is 0 Å². The van der Waals surface area contributed by atoms with E-state index >= 15 is 0 Å². The molecule has 6 heteroatoms. The number of carbonyl (C=O) groups is 2. The standard InChI is InChI=1S/C18H26N4O2/c1-21(2)18(24)16-10-15(19-12-20-16)9-13-5-4-8-22(11-13)17(23)14-6-3-7-14/h10,12-14H,3-9,11H2,1-2H3/t13-/m1/s1. The van der Waals surface area contributed by atoms with Crippen LogP contribution in [0.3, 0.4) is 0 Å². The average Bonchev–Trinajstić information content (AvgIpc) is 2.53. The molecule has 6 nitrogen and oxygen atoms in total. The summed E-state index contributed by atoms with van der Waals surface area (Å²) in [6, 6.07) is 1.79. The van der Waals surface area contributed by atoms with Crippen LogP contribution in [0.2, 0.25) is 0 Å². The second-order valence-corrected chi connectivity index (χ2v) is 7.22. The minimum absolute atomic E-state index is 0.107. The molecule has 1 aliphatic carbocycles. The third kappa shape index (κ3) is 3.74. The van der Waals surface area contributed by atoms with Crippen molar-refractivity contribution in [3.8, 4) is 0 Å². The highest BCUT2D eigenvalue weighted by Crippen LogP contribution is 2.30. The summed E-state index contributed by atoms with van der Waals surface area (Å²) in [6.07, 6.45) is 7.73. The molecule has 2 fully saturated rings. The molecule has 2 aliphatic rings. The van der Waals surface area contributed by atoms with Gasteiger partial charge < -0.3 is 9.80 Å². The molecule has 130 valence electrons. The van der Waals surface area contributed by atoms with Crippen LogP contribution in [0.25, 0.3) is 0 Å². The first kappa shape index (κ1) is 16.9. The van der Waals surface area contributed by atoms with Gasteiger partial charge in [-0.2, -0.15) is 0 Å². The summed E-state index contributed by atoms with van der Waals surface area (Å²) in [5.41, 5.74) is 1.32. The largest absolute Gasteiger partial charge is 0.343 e. The first-order chi connectivity index (χ1) is 11.5. The van der Waals surface area contributed by atoms with Gasteiger partial charge in [-0.15, -0.1) is 0 Å². The highest BCUT2D eigenvalue weighted by molar-refractivity contribution is 5.91. The lowest BCUT2D eigenvalue weighted by Crippen LogP contribution is -2.45. The Morgan fingerprint density at radius 3 is 2.67 bits per heavy atom. The minimum Gasteiger partial charge on any atom is -0.343 e. The first-order valence-electron chi connectivity index (χ1n) is 8.86. The van der Waals surface area contributed by atoms with Crippen LogP contribution in [-0.2, 0) is 11.2 Å². The normalized spacial score (nSPS) is 21.2. The fraction of sp³-hybridized carbons (Fsp3) is 0.667. The number of likely N-dealkylation sites (tertiary alicyclic amines) is 1. The van der Waals surface area contributed by atoms with E-state index in [1.54, 1.807) is 20.2 Å². The molecule has 0 radical (unpaired) electrons. The summed E-state index contributed by atoms with van der Waals surface area (Å²) in [7, 11) is 3.43. The molecule has 1 aromatic heterocycles. The lowest BCUT2D eigenvalue weighted by molar-refractivity contribution is -0.140. The van der Waals surface area contributed by atoms with E-state index in [-0.39, 0.29) is 11.8 Å². The fourth-order valence-corrected chi connectivity index (χ4v) is 3.50. The third-order valence-electron chi connectivity index (χ3n) is 5.13. The topological polar surface area (TPSA) is 66.4 Å². The van der Waals surface area contributed by atoms with Gasteiger partial charge >= 0.3 is 0 Å². The number of amides is 2. The van der Waals surface area contributed by atoms with Crippen LogP contribution in [0.15, 0.2) is 12.4 Å². The Morgan fingerprint density at radius 1 is 1.21 bits per heavy atom. The maximum absolute atomic E-state index is 12.4. The van der Waals surface area contributed by atoms with Crippen molar-refractivity contribution in [3.05, 3.63) is 23.8 Å². The SMILES string of the molecule is CN(C)C(=O)c1cc(C[C@H]2CCCN(C(=O)C3CCC3)C2)ncn1. The van der Waals surface area contributed by atoms with E-state index in [1.165, 1.54) is 17.6 Å². The Labute approximate surface area is 143 Å². The molecular formula is C18H26N4O2. The van der Waals surface area contributed by atoms with Crippen molar-refractivity contribution in [2.75, 3.05) is 27.2 Å². The Morgan fingerprint density at radius 2 is 2.00 bits per heavy atom. The molecule has 2 heterocycles. The maximum Gasteiger partial charge on any atom is 0.272 e. The molecule has 0 aromatic carbocycles. The number of aromatic nitrogens is 2. The van der Waals surface area contributed by atoms with E-state index in [0.29, 0.717) is 17.5 Å². The van der Waals surface area contributed by atoms with Gasteiger partial charge in [0, 0.05) is 38.8 Å². The van der Waals surface area contributed by atoms with Crippen LogP contribution < -0.4 is 0 Å². The van der Waals surface area contributed by atoms with E-state index in [4.69, 9.17) is 0 Å².